The van der Waals surface area contributed by atoms with Crippen LogP contribution in [-0.2, 0) is 13.0 Å². The van der Waals surface area contributed by atoms with Crippen LogP contribution in [0.3, 0.4) is 0 Å². The van der Waals surface area contributed by atoms with E-state index in [4.69, 9.17) is 10.00 Å². The molecule has 38 heavy (non-hydrogen) atoms. The van der Waals surface area contributed by atoms with Gasteiger partial charge in [0, 0.05) is 38.3 Å². The number of amides is 1. The van der Waals surface area contributed by atoms with Gasteiger partial charge in [0.05, 0.1) is 18.7 Å². The van der Waals surface area contributed by atoms with Crippen LogP contribution in [0.15, 0.2) is 66.7 Å². The maximum absolute atomic E-state index is 12.7. The van der Waals surface area contributed by atoms with Crippen LogP contribution in [0.25, 0.3) is 11.1 Å². The first kappa shape index (κ1) is 26.0. The van der Waals surface area contributed by atoms with Gasteiger partial charge in [0.1, 0.15) is 5.75 Å². The summed E-state index contributed by atoms with van der Waals surface area (Å²) in [6, 6.07) is 23.8. The van der Waals surface area contributed by atoms with Crippen molar-refractivity contribution in [2.45, 2.75) is 25.8 Å². The second-order valence-corrected chi connectivity index (χ2v) is 10.4. The molecule has 0 aliphatic carbocycles. The quantitative estimate of drug-likeness (QED) is 0.476. The average Bonchev–Trinajstić information content (AvgIpc) is 2.99. The maximum Gasteiger partial charge on any atom is 0.251 e. The van der Waals surface area contributed by atoms with Crippen LogP contribution in [0.2, 0.25) is 0 Å². The number of ether oxygens (including phenoxy) is 1. The zero-order valence-electron chi connectivity index (χ0n) is 22.2. The summed E-state index contributed by atoms with van der Waals surface area (Å²) in [5, 5.41) is 12.1. The Hall–Kier alpha value is -3.66. The summed E-state index contributed by atoms with van der Waals surface area (Å²) < 4.78 is 5.37. The Kier molecular flexibility index (Phi) is 8.37. The standard InChI is InChI=1S/C32H36N4O2/c1-38-31-11-10-30-23-36(17-14-29(30)20-31)19-18-35-15-12-25(13-16-35)22-34-32(37)28-8-6-27(7-9-28)26-4-2-24(21-33)3-5-26/h2-11,20,25H,12-19,22-23H2,1H3,(H,34,37). The third-order valence-electron chi connectivity index (χ3n) is 7.99. The van der Waals surface area contributed by atoms with Crippen molar-refractivity contribution in [2.75, 3.05) is 46.4 Å². The average molecular weight is 509 g/mol. The molecule has 6 heteroatoms. The molecule has 0 spiro atoms. The van der Waals surface area contributed by atoms with Crippen LogP contribution in [-0.4, -0.2) is 62.1 Å². The number of fused-ring (bicyclic) bond motifs is 1. The first-order valence-electron chi connectivity index (χ1n) is 13.6. The topological polar surface area (TPSA) is 68.6 Å². The number of likely N-dealkylation sites (tertiary alicyclic amines) is 1. The SMILES string of the molecule is COc1ccc2c(c1)CCN(CCN1CCC(CNC(=O)c3ccc(-c4ccc(C#N)cc4)cc3)CC1)C2. The highest BCUT2D eigenvalue weighted by Gasteiger charge is 2.22. The zero-order valence-corrected chi connectivity index (χ0v) is 22.2. The van der Waals surface area contributed by atoms with E-state index in [0.717, 1.165) is 82.0 Å². The number of methoxy groups -OCH3 is 1. The number of nitriles is 1. The van der Waals surface area contributed by atoms with Crippen molar-refractivity contribution >= 4 is 5.91 Å². The lowest BCUT2D eigenvalue weighted by Gasteiger charge is -2.35. The van der Waals surface area contributed by atoms with Gasteiger partial charge in [0.2, 0.25) is 0 Å². The van der Waals surface area contributed by atoms with Crippen LogP contribution < -0.4 is 10.1 Å². The molecule has 0 bridgehead atoms. The number of nitrogens with zero attached hydrogens (tertiary/aromatic N) is 3. The summed E-state index contributed by atoms with van der Waals surface area (Å²) in [4.78, 5) is 17.9. The number of rotatable bonds is 8. The van der Waals surface area contributed by atoms with Gasteiger partial charge in [-0.25, -0.2) is 0 Å². The smallest absolute Gasteiger partial charge is 0.251 e. The molecule has 0 unspecified atom stereocenters. The van der Waals surface area contributed by atoms with Crippen molar-refractivity contribution in [2.24, 2.45) is 5.92 Å². The first-order valence-corrected chi connectivity index (χ1v) is 13.6. The summed E-state index contributed by atoms with van der Waals surface area (Å²) in [5.41, 5.74) is 6.24. The van der Waals surface area contributed by atoms with Gasteiger partial charge in [-0.1, -0.05) is 30.3 Å². The number of piperidine rings is 1. The lowest BCUT2D eigenvalue weighted by atomic mass is 9.96. The van der Waals surface area contributed by atoms with Crippen LogP contribution in [0.4, 0.5) is 0 Å². The van der Waals surface area contributed by atoms with Crippen LogP contribution in [0.1, 0.15) is 39.9 Å². The van der Waals surface area contributed by atoms with E-state index in [9.17, 15) is 4.79 Å². The Morgan fingerprint density at radius 1 is 0.921 bits per heavy atom. The Bertz CT molecular complexity index is 1270. The second-order valence-electron chi connectivity index (χ2n) is 10.4. The van der Waals surface area contributed by atoms with E-state index >= 15 is 0 Å². The highest BCUT2D eigenvalue weighted by atomic mass is 16.5. The molecule has 0 saturated carbocycles. The van der Waals surface area contributed by atoms with Gasteiger partial charge in [-0.3, -0.25) is 9.69 Å². The largest absolute Gasteiger partial charge is 0.497 e. The Morgan fingerprint density at radius 3 is 2.29 bits per heavy atom. The molecule has 2 aliphatic rings. The van der Waals surface area contributed by atoms with Crippen molar-refractivity contribution in [1.82, 2.24) is 15.1 Å². The fourth-order valence-corrected chi connectivity index (χ4v) is 5.49. The van der Waals surface area contributed by atoms with Crippen molar-refractivity contribution < 1.29 is 9.53 Å². The third-order valence-corrected chi connectivity index (χ3v) is 7.99. The van der Waals surface area contributed by atoms with E-state index in [1.54, 1.807) is 7.11 Å². The van der Waals surface area contributed by atoms with Gasteiger partial charge in [0.25, 0.3) is 5.91 Å². The summed E-state index contributed by atoms with van der Waals surface area (Å²) in [6.45, 7) is 7.27. The van der Waals surface area contributed by atoms with Gasteiger partial charge >= 0.3 is 0 Å². The number of carbonyl (C=O) groups is 1. The Morgan fingerprint density at radius 2 is 1.61 bits per heavy atom. The molecule has 1 amide bonds. The monoisotopic (exact) mass is 508 g/mol. The molecular formula is C32H36N4O2. The number of nitrogens with one attached hydrogen (secondary N) is 1. The molecule has 196 valence electrons. The summed E-state index contributed by atoms with van der Waals surface area (Å²) in [6.07, 6.45) is 3.34. The zero-order chi connectivity index (χ0) is 26.3. The van der Waals surface area contributed by atoms with Crippen LogP contribution in [0, 0.1) is 17.2 Å². The number of carbonyl (C=O) groups excluding carboxylic acids is 1. The van der Waals surface area contributed by atoms with Crippen LogP contribution >= 0.6 is 0 Å². The molecule has 1 N–H and O–H groups in total. The molecular weight excluding hydrogens is 472 g/mol. The van der Waals surface area contributed by atoms with Crippen molar-refractivity contribution in [1.29, 1.82) is 5.26 Å². The lowest BCUT2D eigenvalue weighted by molar-refractivity contribution is 0.0933. The molecule has 5 rings (SSSR count). The molecule has 0 aromatic heterocycles. The van der Waals surface area contributed by atoms with Gasteiger partial charge in [0.15, 0.2) is 0 Å². The minimum atomic E-state index is -0.0122. The van der Waals surface area contributed by atoms with Crippen LogP contribution in [0.5, 0.6) is 5.75 Å². The minimum absolute atomic E-state index is 0.0122. The molecule has 0 radical (unpaired) electrons. The highest BCUT2D eigenvalue weighted by Crippen LogP contribution is 2.24. The molecule has 1 saturated heterocycles. The van der Waals surface area contributed by atoms with Gasteiger partial charge in [-0.2, -0.15) is 5.26 Å². The number of hydrogen-bond donors (Lipinski definition) is 1. The third kappa shape index (κ3) is 6.42. The molecule has 2 heterocycles. The molecule has 3 aromatic carbocycles. The fourth-order valence-electron chi connectivity index (χ4n) is 5.49. The van der Waals surface area contributed by atoms with Gasteiger partial charge < -0.3 is 15.0 Å². The molecule has 1 fully saturated rings. The van der Waals surface area contributed by atoms with E-state index < -0.39 is 0 Å². The minimum Gasteiger partial charge on any atom is -0.497 e. The Balaban J connectivity index is 1.02. The lowest BCUT2D eigenvalue weighted by Crippen LogP contribution is -2.43. The molecule has 6 nitrogen and oxygen atoms in total. The van der Waals surface area contributed by atoms with E-state index in [1.165, 1.54) is 11.1 Å². The summed E-state index contributed by atoms with van der Waals surface area (Å²) >= 11 is 0. The molecule has 2 aliphatic heterocycles. The van der Waals surface area contributed by atoms with Crippen molar-refractivity contribution in [3.05, 3.63) is 89.0 Å². The summed E-state index contributed by atoms with van der Waals surface area (Å²) in [5.74, 6) is 1.47. The number of hydrogen-bond acceptors (Lipinski definition) is 5. The van der Waals surface area contributed by atoms with Gasteiger partial charge in [-0.05, 0) is 96.9 Å². The molecule has 3 aromatic rings. The Labute approximate surface area is 225 Å². The van der Waals surface area contributed by atoms with E-state index in [0.29, 0.717) is 17.0 Å². The fraction of sp³-hybridized carbons (Fsp3) is 0.375. The van der Waals surface area contributed by atoms with E-state index in [1.807, 2.05) is 48.5 Å². The molecule has 0 atom stereocenters. The van der Waals surface area contributed by atoms with E-state index in [2.05, 4.69) is 39.4 Å². The maximum atomic E-state index is 12.7. The first-order chi connectivity index (χ1) is 18.6. The summed E-state index contributed by atoms with van der Waals surface area (Å²) in [7, 11) is 1.73. The van der Waals surface area contributed by atoms with Crippen molar-refractivity contribution in [3.63, 3.8) is 0 Å². The number of benzene rings is 3. The van der Waals surface area contributed by atoms with E-state index in [-0.39, 0.29) is 5.91 Å². The predicted octanol–water partition coefficient (Wildman–Crippen LogP) is 4.73. The second kappa shape index (κ2) is 12.3. The van der Waals surface area contributed by atoms with Gasteiger partial charge in [-0.15, -0.1) is 0 Å². The predicted molar refractivity (Wildman–Crippen MR) is 150 cm³/mol. The normalized spacial score (nSPS) is 16.4. The highest BCUT2D eigenvalue weighted by molar-refractivity contribution is 5.94. The van der Waals surface area contributed by atoms with Crippen molar-refractivity contribution in [3.8, 4) is 22.9 Å².